The van der Waals surface area contributed by atoms with Gasteiger partial charge in [0.15, 0.2) is 0 Å². The molecular weight excluding hydrogens is 334 g/mol. The first-order valence-electron chi connectivity index (χ1n) is 7.65. The van der Waals surface area contributed by atoms with E-state index in [2.05, 4.69) is 4.98 Å². The molecule has 3 rings (SSSR count). The summed E-state index contributed by atoms with van der Waals surface area (Å²) in [5, 5.41) is 10.3. The van der Waals surface area contributed by atoms with Gasteiger partial charge in [0.25, 0.3) is 5.56 Å². The minimum atomic E-state index is -0.837. The number of nitrogen functional groups attached to an aromatic ring is 1. The smallest absolute Gasteiger partial charge is 0.332 e. The summed E-state index contributed by atoms with van der Waals surface area (Å²) >= 11 is 0. The SMILES string of the molecule is Cn1c(N)c(C(=O)/C(C#N)=C/c2c[nH]c3ccccc23)c(=O)n(C)c1=O. The van der Waals surface area contributed by atoms with Gasteiger partial charge in [-0.25, -0.2) is 4.79 Å². The lowest BCUT2D eigenvalue weighted by Gasteiger charge is -2.10. The van der Waals surface area contributed by atoms with Crippen LogP contribution in [0.15, 0.2) is 45.6 Å². The van der Waals surface area contributed by atoms with Crippen molar-refractivity contribution in [1.82, 2.24) is 14.1 Å². The number of allylic oxidation sites excluding steroid dienone is 1. The zero-order valence-electron chi connectivity index (χ0n) is 14.1. The summed E-state index contributed by atoms with van der Waals surface area (Å²) < 4.78 is 1.78. The molecule has 0 radical (unpaired) electrons. The van der Waals surface area contributed by atoms with E-state index in [1.807, 2.05) is 30.3 Å². The van der Waals surface area contributed by atoms with Gasteiger partial charge in [0.05, 0.1) is 0 Å². The van der Waals surface area contributed by atoms with Gasteiger partial charge < -0.3 is 10.7 Å². The normalized spacial score (nSPS) is 11.5. The second kappa shape index (κ2) is 6.22. The van der Waals surface area contributed by atoms with Crippen molar-refractivity contribution in [1.29, 1.82) is 5.26 Å². The minimum Gasteiger partial charge on any atom is -0.384 e. The van der Waals surface area contributed by atoms with Gasteiger partial charge >= 0.3 is 5.69 Å². The van der Waals surface area contributed by atoms with E-state index in [1.54, 1.807) is 6.20 Å². The third-order valence-corrected chi connectivity index (χ3v) is 4.22. The van der Waals surface area contributed by atoms with Crippen molar-refractivity contribution in [3.63, 3.8) is 0 Å². The average molecular weight is 349 g/mol. The third-order valence-electron chi connectivity index (χ3n) is 4.22. The van der Waals surface area contributed by atoms with Gasteiger partial charge in [0.2, 0.25) is 5.78 Å². The maximum absolute atomic E-state index is 12.8. The summed E-state index contributed by atoms with van der Waals surface area (Å²) in [5.41, 5.74) is 5.13. The number of nitrogens with two attached hydrogens (primary N) is 1. The molecule has 0 amide bonds. The highest BCUT2D eigenvalue weighted by molar-refractivity contribution is 6.16. The molecular formula is C18H15N5O3. The maximum atomic E-state index is 12.8. The van der Waals surface area contributed by atoms with E-state index < -0.39 is 22.6 Å². The second-order valence-corrected chi connectivity index (χ2v) is 5.75. The molecule has 2 aromatic heterocycles. The minimum absolute atomic E-state index is 0.253. The van der Waals surface area contributed by atoms with Crippen LogP contribution >= 0.6 is 0 Å². The van der Waals surface area contributed by atoms with Crippen molar-refractivity contribution >= 4 is 28.6 Å². The van der Waals surface area contributed by atoms with E-state index in [0.717, 1.165) is 20.0 Å². The van der Waals surface area contributed by atoms with E-state index >= 15 is 0 Å². The van der Waals surface area contributed by atoms with Crippen LogP contribution in [0.25, 0.3) is 17.0 Å². The molecule has 0 unspecified atom stereocenters. The van der Waals surface area contributed by atoms with Gasteiger partial charge in [-0.05, 0) is 12.1 Å². The summed E-state index contributed by atoms with van der Waals surface area (Å²) in [4.78, 5) is 40.1. The number of nitriles is 1. The molecule has 0 atom stereocenters. The average Bonchev–Trinajstić information content (AvgIpc) is 3.05. The van der Waals surface area contributed by atoms with E-state index in [0.29, 0.717) is 5.56 Å². The number of aromatic amines is 1. The van der Waals surface area contributed by atoms with Crippen LogP contribution in [0.1, 0.15) is 15.9 Å². The molecule has 3 N–H and O–H groups in total. The number of fused-ring (bicyclic) bond motifs is 1. The Morgan fingerprint density at radius 3 is 2.62 bits per heavy atom. The van der Waals surface area contributed by atoms with Gasteiger partial charge in [0.1, 0.15) is 23.0 Å². The number of aromatic nitrogens is 3. The number of hydrogen-bond donors (Lipinski definition) is 2. The van der Waals surface area contributed by atoms with E-state index in [1.165, 1.54) is 20.2 Å². The molecule has 8 nitrogen and oxygen atoms in total. The summed E-state index contributed by atoms with van der Waals surface area (Å²) in [6.45, 7) is 0. The number of carbonyl (C=O) groups excluding carboxylic acids is 1. The molecule has 3 aromatic rings. The van der Waals surface area contributed by atoms with Crippen LogP contribution in [0, 0.1) is 11.3 Å². The Morgan fingerprint density at radius 1 is 1.23 bits per heavy atom. The molecule has 0 fully saturated rings. The van der Waals surface area contributed by atoms with Crippen LogP contribution in [-0.2, 0) is 14.1 Å². The monoisotopic (exact) mass is 349 g/mol. The first kappa shape index (κ1) is 17.0. The predicted octanol–water partition coefficient (Wildman–Crippen LogP) is 0.937. The van der Waals surface area contributed by atoms with Gasteiger partial charge in [-0.15, -0.1) is 0 Å². The first-order valence-corrected chi connectivity index (χ1v) is 7.65. The van der Waals surface area contributed by atoms with Crippen LogP contribution in [0.4, 0.5) is 5.82 Å². The van der Waals surface area contributed by atoms with Gasteiger partial charge in [-0.2, -0.15) is 5.26 Å². The summed E-state index contributed by atoms with van der Waals surface area (Å²) in [6, 6.07) is 9.22. The maximum Gasteiger partial charge on any atom is 0.332 e. The Balaban J connectivity index is 2.19. The molecule has 0 aliphatic rings. The molecule has 0 aliphatic heterocycles. The highest BCUT2D eigenvalue weighted by atomic mass is 16.2. The lowest BCUT2D eigenvalue weighted by atomic mass is 10.0. The Bertz CT molecular complexity index is 1230. The van der Waals surface area contributed by atoms with E-state index in [9.17, 15) is 19.6 Å². The molecule has 0 aliphatic carbocycles. The van der Waals surface area contributed by atoms with E-state index in [4.69, 9.17) is 5.73 Å². The Hall–Kier alpha value is -3.86. The standard InChI is InChI=1S/C18H15N5O3/c1-22-16(20)14(17(25)23(2)18(22)26)15(24)10(8-19)7-11-9-21-13-6-4-3-5-12(11)13/h3-7,9,21H,20H2,1-2H3/b10-7+. The predicted molar refractivity (Wildman–Crippen MR) is 97.6 cm³/mol. The topological polar surface area (TPSA) is 127 Å². The number of nitrogens with zero attached hydrogens (tertiary/aromatic N) is 3. The second-order valence-electron chi connectivity index (χ2n) is 5.75. The van der Waals surface area contributed by atoms with Gasteiger partial charge in [0, 0.05) is 36.8 Å². The fraction of sp³-hybridized carbons (Fsp3) is 0.111. The number of rotatable bonds is 3. The van der Waals surface area contributed by atoms with Crippen LogP contribution in [0.5, 0.6) is 0 Å². The molecule has 2 heterocycles. The molecule has 0 saturated heterocycles. The van der Waals surface area contributed by atoms with Crippen LogP contribution < -0.4 is 17.0 Å². The Morgan fingerprint density at radius 2 is 1.92 bits per heavy atom. The quantitative estimate of drug-likeness (QED) is 0.413. The number of Topliss-reactive ketones (excluding diaryl/α,β-unsaturated/α-hetero) is 1. The van der Waals surface area contributed by atoms with Gasteiger partial charge in [-0.1, -0.05) is 18.2 Å². The Labute approximate surface area is 147 Å². The molecule has 0 spiro atoms. The summed E-state index contributed by atoms with van der Waals surface area (Å²) in [7, 11) is 2.60. The lowest BCUT2D eigenvalue weighted by molar-refractivity contribution is 0.103. The molecule has 0 saturated carbocycles. The highest BCUT2D eigenvalue weighted by Crippen LogP contribution is 2.21. The molecule has 26 heavy (non-hydrogen) atoms. The van der Waals surface area contributed by atoms with Gasteiger partial charge in [-0.3, -0.25) is 18.7 Å². The van der Waals surface area contributed by atoms with Crippen LogP contribution in [-0.4, -0.2) is 19.9 Å². The van der Waals surface area contributed by atoms with Crippen molar-refractivity contribution in [2.75, 3.05) is 5.73 Å². The third kappa shape index (κ3) is 2.52. The lowest BCUT2D eigenvalue weighted by Crippen LogP contribution is -2.41. The number of benzene rings is 1. The molecule has 1 aromatic carbocycles. The summed E-state index contributed by atoms with van der Waals surface area (Å²) in [5.74, 6) is -1.10. The van der Waals surface area contributed by atoms with Crippen molar-refractivity contribution in [2.45, 2.75) is 0 Å². The van der Waals surface area contributed by atoms with Crippen molar-refractivity contribution < 1.29 is 4.79 Å². The van der Waals surface area contributed by atoms with E-state index in [-0.39, 0.29) is 11.4 Å². The molecule has 0 bridgehead atoms. The molecule has 130 valence electrons. The molecule has 8 heteroatoms. The summed E-state index contributed by atoms with van der Waals surface area (Å²) in [6.07, 6.45) is 3.06. The van der Waals surface area contributed by atoms with Crippen molar-refractivity contribution in [3.05, 3.63) is 68.0 Å². The van der Waals surface area contributed by atoms with Crippen LogP contribution in [0.2, 0.25) is 0 Å². The number of ketones is 1. The fourth-order valence-corrected chi connectivity index (χ4v) is 2.73. The van der Waals surface area contributed by atoms with Crippen molar-refractivity contribution in [2.24, 2.45) is 14.1 Å². The first-order chi connectivity index (χ1) is 12.4. The number of nitrogens with one attached hydrogen (secondary N) is 1. The number of para-hydroxylation sites is 1. The zero-order chi connectivity index (χ0) is 19.0. The Kier molecular flexibility index (Phi) is 4.06. The largest absolute Gasteiger partial charge is 0.384 e. The number of H-pyrrole nitrogens is 1. The number of carbonyl (C=O) groups is 1. The fourth-order valence-electron chi connectivity index (χ4n) is 2.73. The van der Waals surface area contributed by atoms with Crippen molar-refractivity contribution in [3.8, 4) is 6.07 Å². The number of hydrogen-bond acceptors (Lipinski definition) is 5. The zero-order valence-corrected chi connectivity index (χ0v) is 14.1. The number of anilines is 1. The highest BCUT2D eigenvalue weighted by Gasteiger charge is 2.23. The van der Waals surface area contributed by atoms with Crippen LogP contribution in [0.3, 0.4) is 0 Å².